The number of oxime groups is 2. The monoisotopic (exact) mass is 604 g/mol. The van der Waals surface area contributed by atoms with Crippen LogP contribution in [0.25, 0.3) is 0 Å². The van der Waals surface area contributed by atoms with E-state index in [-0.39, 0.29) is 61.4 Å². The van der Waals surface area contributed by atoms with Gasteiger partial charge in [0.1, 0.15) is 13.2 Å². The predicted molar refractivity (Wildman–Crippen MR) is 155 cm³/mol. The van der Waals surface area contributed by atoms with Crippen LogP contribution in [0.2, 0.25) is 0 Å². The molecule has 0 bridgehead atoms. The molecule has 0 aromatic heterocycles. The largest absolute Gasteiger partial charge is 0.748 e. The van der Waals surface area contributed by atoms with Crippen LogP contribution in [0.5, 0.6) is 0 Å². The number of nitrogens with zero attached hydrogens (tertiary/aromatic N) is 2. The van der Waals surface area contributed by atoms with Gasteiger partial charge in [-0.05, 0) is 58.8 Å². The van der Waals surface area contributed by atoms with Gasteiger partial charge in [0.2, 0.25) is 0 Å². The molecule has 230 valence electrons. The minimum absolute atomic E-state index is 0.0160. The highest BCUT2D eigenvalue weighted by Gasteiger charge is 2.32. The van der Waals surface area contributed by atoms with Crippen LogP contribution in [0.3, 0.4) is 0 Å². The van der Waals surface area contributed by atoms with Crippen LogP contribution in [0.15, 0.2) is 10.3 Å². The first-order chi connectivity index (χ1) is 18.3. The van der Waals surface area contributed by atoms with Crippen molar-refractivity contribution >= 4 is 31.9 Å². The Morgan fingerprint density at radius 1 is 0.625 bits per heavy atom. The van der Waals surface area contributed by atoms with Crippen molar-refractivity contribution in [3.63, 3.8) is 0 Å². The fourth-order valence-corrected chi connectivity index (χ4v) is 5.64. The van der Waals surface area contributed by atoms with Gasteiger partial charge in [0.25, 0.3) is 0 Å². The van der Waals surface area contributed by atoms with E-state index in [2.05, 4.69) is 10.3 Å². The van der Waals surface area contributed by atoms with E-state index in [1.807, 2.05) is 55.4 Å². The number of hydrogen-bond donors (Lipinski definition) is 2. The fourth-order valence-electron chi connectivity index (χ4n) is 4.70. The molecule has 1 aromatic carbocycles. The van der Waals surface area contributed by atoms with Gasteiger partial charge >= 0.3 is 0 Å². The molecule has 0 amide bonds. The van der Waals surface area contributed by atoms with Gasteiger partial charge in [-0.25, -0.2) is 16.8 Å². The van der Waals surface area contributed by atoms with Crippen LogP contribution in [-0.2, 0) is 29.9 Å². The highest BCUT2D eigenvalue weighted by molar-refractivity contribution is 7.85. The molecule has 0 radical (unpaired) electrons. The summed E-state index contributed by atoms with van der Waals surface area (Å²) in [7, 11) is -8.71. The fraction of sp³-hybridized carbons (Fsp3) is 0.692. The number of benzene rings is 1. The Hall–Kier alpha value is -2.42. The van der Waals surface area contributed by atoms with Gasteiger partial charge < -0.3 is 30.2 Å². The van der Waals surface area contributed by atoms with E-state index in [1.165, 1.54) is 0 Å². The summed E-state index contributed by atoms with van der Waals surface area (Å²) in [5, 5.41) is 8.20. The molecule has 1 rings (SSSR count). The third kappa shape index (κ3) is 10.5. The van der Waals surface area contributed by atoms with E-state index in [1.54, 1.807) is 0 Å². The van der Waals surface area contributed by atoms with Gasteiger partial charge in [-0.1, -0.05) is 65.7 Å². The average Bonchev–Trinajstić information content (AvgIpc) is 2.79. The lowest BCUT2D eigenvalue weighted by Crippen LogP contribution is -2.29. The zero-order chi connectivity index (χ0) is 31.0. The van der Waals surface area contributed by atoms with Crippen LogP contribution in [-0.4, -0.2) is 62.3 Å². The maximum Gasteiger partial charge on any atom is 0.170 e. The molecule has 1 aromatic rings. The molecule has 0 unspecified atom stereocenters. The normalized spacial score (nSPS) is 13.7. The quantitative estimate of drug-likeness (QED) is 0.0923. The van der Waals surface area contributed by atoms with Crippen molar-refractivity contribution in [1.82, 2.24) is 0 Å². The van der Waals surface area contributed by atoms with E-state index in [0.29, 0.717) is 11.1 Å². The molecule has 0 aliphatic rings. The van der Waals surface area contributed by atoms with Gasteiger partial charge in [-0.15, -0.1) is 0 Å². The minimum atomic E-state index is -4.36. The van der Waals surface area contributed by atoms with Crippen molar-refractivity contribution in [2.45, 2.75) is 91.9 Å². The maximum atomic E-state index is 10.9. The summed E-state index contributed by atoms with van der Waals surface area (Å²) in [5.74, 6) is -0.987. The summed E-state index contributed by atoms with van der Waals surface area (Å²) in [6, 6.07) is 0. The zero-order valence-electron chi connectivity index (χ0n) is 24.7. The van der Waals surface area contributed by atoms with Crippen molar-refractivity contribution in [1.29, 1.82) is 0 Å². The second-order valence-electron chi connectivity index (χ2n) is 10.9. The van der Waals surface area contributed by atoms with Gasteiger partial charge in [-0.2, -0.15) is 0 Å². The number of hydrogen-bond acceptors (Lipinski definition) is 10. The summed E-state index contributed by atoms with van der Waals surface area (Å²) in [6.45, 7) is 16.0. The minimum Gasteiger partial charge on any atom is -0.748 e. The second-order valence-corrected chi connectivity index (χ2v) is 13.9. The molecule has 0 saturated heterocycles. The molecule has 0 saturated carbocycles. The van der Waals surface area contributed by atoms with E-state index >= 15 is 0 Å². The van der Waals surface area contributed by atoms with Crippen LogP contribution in [0.1, 0.15) is 125 Å². The summed E-state index contributed by atoms with van der Waals surface area (Å²) in [6.07, 6.45) is -0.0320. The van der Waals surface area contributed by atoms with Crippen LogP contribution < -0.4 is 11.5 Å². The molecule has 0 aliphatic heterocycles. The van der Waals surface area contributed by atoms with Crippen LogP contribution in [0, 0.1) is 0 Å². The first-order valence-electron chi connectivity index (χ1n) is 13.3. The lowest BCUT2D eigenvalue weighted by Gasteiger charge is -2.32. The van der Waals surface area contributed by atoms with E-state index < -0.39 is 31.7 Å². The standard InChI is InChI=1S/C26H46N4O8S2/c1-15(2)19-20(16(3)4)24(26(28)30-38-12-10-14-40(34,35)36)22(18(7)8)21(17(5)6)23(19)25(27)29-37-11-9-13-39(31,32)33/h15-18H,9-14H2,1-8H3,(H2,27,29)(H2,28,30)(H,31,32,33)(H,34,35,36)/p-2. The van der Waals surface area contributed by atoms with Crippen molar-refractivity contribution < 1.29 is 35.6 Å². The van der Waals surface area contributed by atoms with Crippen molar-refractivity contribution in [2.75, 3.05) is 24.7 Å². The van der Waals surface area contributed by atoms with Crippen molar-refractivity contribution in [3.8, 4) is 0 Å². The molecule has 40 heavy (non-hydrogen) atoms. The molecule has 0 heterocycles. The molecule has 4 N–H and O–H groups in total. The zero-order valence-corrected chi connectivity index (χ0v) is 26.3. The van der Waals surface area contributed by atoms with E-state index in [9.17, 15) is 25.9 Å². The van der Waals surface area contributed by atoms with Gasteiger partial charge in [0.05, 0.1) is 20.2 Å². The Bertz CT molecular complexity index is 1150. The predicted octanol–water partition coefficient (Wildman–Crippen LogP) is 3.32. The van der Waals surface area contributed by atoms with Crippen LogP contribution >= 0.6 is 0 Å². The van der Waals surface area contributed by atoms with E-state index in [4.69, 9.17) is 21.1 Å². The first-order valence-corrected chi connectivity index (χ1v) is 16.5. The highest BCUT2D eigenvalue weighted by atomic mass is 32.2. The van der Waals surface area contributed by atoms with E-state index in [0.717, 1.165) is 22.3 Å². The maximum absolute atomic E-state index is 10.9. The van der Waals surface area contributed by atoms with Crippen LogP contribution in [0.4, 0.5) is 0 Å². The third-order valence-corrected chi connectivity index (χ3v) is 7.64. The Kier molecular flexibility index (Phi) is 13.3. The second kappa shape index (κ2) is 15.0. The molecule has 12 nitrogen and oxygen atoms in total. The smallest absolute Gasteiger partial charge is 0.170 e. The van der Waals surface area contributed by atoms with Crippen molar-refractivity contribution in [2.24, 2.45) is 21.8 Å². The first kappa shape index (κ1) is 35.6. The lowest BCUT2D eigenvalue weighted by molar-refractivity contribution is 0.144. The van der Waals surface area contributed by atoms with Gasteiger partial charge in [-0.3, -0.25) is 0 Å². The molecule has 14 heteroatoms. The number of amidine groups is 2. The Morgan fingerprint density at radius 2 is 0.875 bits per heavy atom. The molecular formula is C26H44N4O8S2-2. The average molecular weight is 605 g/mol. The molecule has 0 aliphatic carbocycles. The lowest BCUT2D eigenvalue weighted by atomic mass is 9.73. The highest BCUT2D eigenvalue weighted by Crippen LogP contribution is 2.42. The molecule has 0 fully saturated rings. The molecule has 0 spiro atoms. The van der Waals surface area contributed by atoms with Crippen molar-refractivity contribution in [3.05, 3.63) is 33.4 Å². The topological polar surface area (TPSA) is 210 Å². The third-order valence-electron chi connectivity index (χ3n) is 6.07. The molecular weight excluding hydrogens is 560 g/mol. The van der Waals surface area contributed by atoms with Gasteiger partial charge in [0.15, 0.2) is 11.7 Å². The Labute approximate surface area is 239 Å². The number of rotatable bonds is 16. The number of nitrogens with two attached hydrogens (primary N) is 2. The molecule has 0 atom stereocenters. The van der Waals surface area contributed by atoms with Gasteiger partial charge in [0, 0.05) is 22.6 Å². The summed E-state index contributed by atoms with van der Waals surface area (Å²) in [4.78, 5) is 10.6. The summed E-state index contributed by atoms with van der Waals surface area (Å²) >= 11 is 0. The summed E-state index contributed by atoms with van der Waals surface area (Å²) in [5.41, 5.74) is 18.1. The Balaban J connectivity index is 3.83. The SMILES string of the molecule is CC(C)c1c(/C(N)=N/OCCCS(=O)(=O)[O-])c(C(C)C)c(C(C)C)c(/C(N)=N/OCCCS(=O)(=O)[O-])c1C(C)C. The summed E-state index contributed by atoms with van der Waals surface area (Å²) < 4.78 is 65.3. The Morgan fingerprint density at radius 3 is 1.07 bits per heavy atom.